The molecule has 17 heavy (non-hydrogen) atoms. The minimum Gasteiger partial charge on any atom is -0.392 e. The molecule has 1 heterocycles. The zero-order valence-electron chi connectivity index (χ0n) is 10.2. The topological polar surface area (TPSA) is 47.3 Å². The number of benzene rings is 1. The summed E-state index contributed by atoms with van der Waals surface area (Å²) in [4.78, 5) is 2.31. The van der Waals surface area contributed by atoms with Gasteiger partial charge >= 0.3 is 0 Å². The molecule has 1 fully saturated rings. The van der Waals surface area contributed by atoms with Gasteiger partial charge in [-0.3, -0.25) is 0 Å². The van der Waals surface area contributed by atoms with Gasteiger partial charge in [0.05, 0.1) is 17.9 Å². The number of nitrogens with zero attached hydrogens (tertiary/aromatic N) is 2. The van der Waals surface area contributed by atoms with Crippen molar-refractivity contribution in [1.82, 2.24) is 0 Å². The first kappa shape index (κ1) is 11.9. The highest BCUT2D eigenvalue weighted by Gasteiger charge is 2.20. The smallest absolute Gasteiger partial charge is 0.101 e. The van der Waals surface area contributed by atoms with E-state index in [1.165, 1.54) is 19.3 Å². The maximum atomic E-state index is 9.20. The normalized spacial score (nSPS) is 20.1. The number of rotatable bonds is 2. The van der Waals surface area contributed by atoms with Gasteiger partial charge in [-0.15, -0.1) is 0 Å². The van der Waals surface area contributed by atoms with Gasteiger partial charge in [0.25, 0.3) is 0 Å². The average Bonchev–Trinajstić information content (AvgIpc) is 2.38. The molecule has 1 aliphatic heterocycles. The highest BCUT2D eigenvalue weighted by molar-refractivity contribution is 5.61. The minimum atomic E-state index is -0.00941. The third kappa shape index (κ3) is 2.42. The van der Waals surface area contributed by atoms with Gasteiger partial charge in [0, 0.05) is 12.6 Å². The van der Waals surface area contributed by atoms with Gasteiger partial charge in [-0.1, -0.05) is 6.07 Å². The number of nitriles is 1. The molecule has 0 saturated carbocycles. The van der Waals surface area contributed by atoms with Crippen molar-refractivity contribution in [3.63, 3.8) is 0 Å². The molecular formula is C14H18N2O. The molecule has 1 aliphatic rings. The number of hydrogen-bond donors (Lipinski definition) is 1. The lowest BCUT2D eigenvalue weighted by Crippen LogP contribution is -2.37. The van der Waals surface area contributed by atoms with Crippen LogP contribution < -0.4 is 4.90 Å². The van der Waals surface area contributed by atoms with E-state index in [4.69, 9.17) is 5.11 Å². The molecule has 1 atom stereocenters. The summed E-state index contributed by atoms with van der Waals surface area (Å²) in [6.07, 6.45) is 3.65. The monoisotopic (exact) mass is 230 g/mol. The Labute approximate surface area is 102 Å². The molecule has 1 saturated heterocycles. The summed E-state index contributed by atoms with van der Waals surface area (Å²) in [5.41, 5.74) is 2.48. The highest BCUT2D eigenvalue weighted by Crippen LogP contribution is 2.28. The van der Waals surface area contributed by atoms with E-state index in [1.807, 2.05) is 12.1 Å². The zero-order valence-corrected chi connectivity index (χ0v) is 10.2. The van der Waals surface area contributed by atoms with Crippen LogP contribution in [0.1, 0.15) is 37.3 Å². The molecule has 1 aromatic carbocycles. The molecule has 3 heteroatoms. The second kappa shape index (κ2) is 5.20. The summed E-state index contributed by atoms with van der Waals surface area (Å²) >= 11 is 0. The van der Waals surface area contributed by atoms with E-state index in [0.717, 1.165) is 17.8 Å². The number of aliphatic hydroxyl groups is 1. The Balaban J connectivity index is 2.34. The number of aliphatic hydroxyl groups excluding tert-OH is 1. The van der Waals surface area contributed by atoms with Crippen LogP contribution in [-0.4, -0.2) is 17.7 Å². The van der Waals surface area contributed by atoms with Crippen LogP contribution in [0.5, 0.6) is 0 Å². The first-order chi connectivity index (χ1) is 8.26. The Morgan fingerprint density at radius 1 is 1.47 bits per heavy atom. The summed E-state index contributed by atoms with van der Waals surface area (Å²) in [5.74, 6) is 0. The molecule has 0 aliphatic carbocycles. The molecule has 2 rings (SSSR count). The van der Waals surface area contributed by atoms with E-state index >= 15 is 0 Å². The summed E-state index contributed by atoms with van der Waals surface area (Å²) in [6, 6.07) is 8.38. The second-order valence-electron chi connectivity index (χ2n) is 4.66. The molecule has 3 nitrogen and oxygen atoms in total. The van der Waals surface area contributed by atoms with Crippen molar-refractivity contribution in [2.75, 3.05) is 11.4 Å². The van der Waals surface area contributed by atoms with E-state index in [1.54, 1.807) is 6.07 Å². The largest absolute Gasteiger partial charge is 0.392 e. The summed E-state index contributed by atoms with van der Waals surface area (Å²) in [5, 5.41) is 18.3. The summed E-state index contributed by atoms with van der Waals surface area (Å²) in [7, 11) is 0. The lowest BCUT2D eigenvalue weighted by atomic mass is 10.0. The van der Waals surface area contributed by atoms with Gasteiger partial charge in [-0.2, -0.15) is 5.26 Å². The third-order valence-corrected chi connectivity index (χ3v) is 3.48. The third-order valence-electron chi connectivity index (χ3n) is 3.48. The van der Waals surface area contributed by atoms with E-state index < -0.39 is 0 Å². The fraction of sp³-hybridized carbons (Fsp3) is 0.500. The van der Waals surface area contributed by atoms with Gasteiger partial charge < -0.3 is 10.0 Å². The van der Waals surface area contributed by atoms with Crippen LogP contribution in [0.25, 0.3) is 0 Å². The van der Waals surface area contributed by atoms with Crippen LogP contribution >= 0.6 is 0 Å². The Morgan fingerprint density at radius 3 is 2.94 bits per heavy atom. The van der Waals surface area contributed by atoms with Crippen molar-refractivity contribution >= 4 is 5.69 Å². The maximum absolute atomic E-state index is 9.20. The van der Waals surface area contributed by atoms with Crippen LogP contribution in [0, 0.1) is 11.3 Å². The Bertz CT molecular complexity index is 436. The minimum absolute atomic E-state index is 0.00941. The summed E-state index contributed by atoms with van der Waals surface area (Å²) < 4.78 is 0. The molecule has 0 spiro atoms. The molecule has 1 N–H and O–H groups in total. The van der Waals surface area contributed by atoms with Gasteiger partial charge in [-0.05, 0) is 43.9 Å². The predicted molar refractivity (Wildman–Crippen MR) is 67.7 cm³/mol. The van der Waals surface area contributed by atoms with Crippen LogP contribution in [0.15, 0.2) is 18.2 Å². The molecule has 0 amide bonds. The zero-order chi connectivity index (χ0) is 12.3. The van der Waals surface area contributed by atoms with Gasteiger partial charge in [-0.25, -0.2) is 0 Å². The van der Waals surface area contributed by atoms with Gasteiger partial charge in [0.1, 0.15) is 6.07 Å². The first-order valence-corrected chi connectivity index (χ1v) is 6.17. The van der Waals surface area contributed by atoms with E-state index in [2.05, 4.69) is 17.9 Å². The van der Waals surface area contributed by atoms with Crippen molar-refractivity contribution in [2.24, 2.45) is 0 Å². The molecule has 1 unspecified atom stereocenters. The Morgan fingerprint density at radius 2 is 2.29 bits per heavy atom. The summed E-state index contributed by atoms with van der Waals surface area (Å²) in [6.45, 7) is 3.22. The lowest BCUT2D eigenvalue weighted by Gasteiger charge is -2.36. The van der Waals surface area contributed by atoms with Crippen molar-refractivity contribution in [3.8, 4) is 6.07 Å². The number of hydrogen-bond acceptors (Lipinski definition) is 3. The molecule has 0 bridgehead atoms. The average molecular weight is 230 g/mol. The Hall–Kier alpha value is -1.53. The first-order valence-electron chi connectivity index (χ1n) is 6.17. The molecule has 1 aromatic rings. The van der Waals surface area contributed by atoms with Gasteiger partial charge in [0.2, 0.25) is 0 Å². The molecule has 90 valence electrons. The standard InChI is InChI=1S/C14H18N2O/c1-11-4-2-3-7-16(11)14-6-5-12(10-17)8-13(14)9-15/h5-6,8,11,17H,2-4,7,10H2,1H3. The fourth-order valence-electron chi connectivity index (χ4n) is 2.48. The van der Waals surface area contributed by atoms with E-state index in [9.17, 15) is 5.26 Å². The fourth-order valence-corrected chi connectivity index (χ4v) is 2.48. The van der Waals surface area contributed by atoms with Crippen LogP contribution in [0.4, 0.5) is 5.69 Å². The highest BCUT2D eigenvalue weighted by atomic mass is 16.3. The van der Waals surface area contributed by atoms with Crippen molar-refractivity contribution in [3.05, 3.63) is 29.3 Å². The lowest BCUT2D eigenvalue weighted by molar-refractivity contribution is 0.282. The second-order valence-corrected chi connectivity index (χ2v) is 4.66. The van der Waals surface area contributed by atoms with Crippen molar-refractivity contribution in [2.45, 2.75) is 38.8 Å². The molecule has 0 aromatic heterocycles. The maximum Gasteiger partial charge on any atom is 0.101 e. The van der Waals surface area contributed by atoms with E-state index in [0.29, 0.717) is 11.6 Å². The quantitative estimate of drug-likeness (QED) is 0.848. The SMILES string of the molecule is CC1CCCCN1c1ccc(CO)cc1C#N. The van der Waals surface area contributed by atoms with Crippen LogP contribution in [-0.2, 0) is 6.61 Å². The van der Waals surface area contributed by atoms with Gasteiger partial charge in [0.15, 0.2) is 0 Å². The number of anilines is 1. The molecule has 0 radical (unpaired) electrons. The van der Waals surface area contributed by atoms with Crippen LogP contribution in [0.3, 0.4) is 0 Å². The van der Waals surface area contributed by atoms with Crippen LogP contribution in [0.2, 0.25) is 0 Å². The number of piperidine rings is 1. The van der Waals surface area contributed by atoms with Crippen molar-refractivity contribution in [1.29, 1.82) is 5.26 Å². The van der Waals surface area contributed by atoms with E-state index in [-0.39, 0.29) is 6.61 Å². The Kier molecular flexibility index (Phi) is 3.65. The predicted octanol–water partition coefficient (Wildman–Crippen LogP) is 2.43. The van der Waals surface area contributed by atoms with Crippen molar-refractivity contribution < 1.29 is 5.11 Å². The molecular weight excluding hydrogens is 212 g/mol.